The number of hydrogen-bond acceptors (Lipinski definition) is 3. The molecule has 0 spiro atoms. The molecule has 3 rings (SSSR count). The maximum atomic E-state index is 5.62. The molecular formula is C14H13N3O. The largest absolute Gasteiger partial charge is 0.486 e. The summed E-state index contributed by atoms with van der Waals surface area (Å²) in [6.07, 6.45) is 1.89. The minimum Gasteiger partial charge on any atom is -0.486 e. The van der Waals surface area contributed by atoms with Crippen LogP contribution in [0.4, 0.5) is 0 Å². The van der Waals surface area contributed by atoms with E-state index in [1.807, 2.05) is 55.6 Å². The van der Waals surface area contributed by atoms with Crippen molar-refractivity contribution in [2.24, 2.45) is 0 Å². The SMILES string of the molecule is Cc1cccn2nc(COc3ccccc3)nc12. The number of rotatable bonds is 3. The highest BCUT2D eigenvalue weighted by Crippen LogP contribution is 2.11. The second kappa shape index (κ2) is 4.49. The Hall–Kier alpha value is -2.36. The summed E-state index contributed by atoms with van der Waals surface area (Å²) in [7, 11) is 0. The molecule has 0 fully saturated rings. The molecule has 4 heteroatoms. The summed E-state index contributed by atoms with van der Waals surface area (Å²) in [5.41, 5.74) is 1.99. The molecular weight excluding hydrogens is 226 g/mol. The summed E-state index contributed by atoms with van der Waals surface area (Å²) in [5, 5.41) is 4.37. The Morgan fingerprint density at radius 3 is 2.72 bits per heavy atom. The smallest absolute Gasteiger partial charge is 0.189 e. The fraction of sp³-hybridized carbons (Fsp3) is 0.143. The Balaban J connectivity index is 1.81. The highest BCUT2D eigenvalue weighted by Gasteiger charge is 2.05. The number of ether oxygens (including phenoxy) is 1. The van der Waals surface area contributed by atoms with Gasteiger partial charge in [0.2, 0.25) is 0 Å². The van der Waals surface area contributed by atoms with E-state index in [9.17, 15) is 0 Å². The molecule has 0 aliphatic rings. The van der Waals surface area contributed by atoms with Gasteiger partial charge in [-0.2, -0.15) is 0 Å². The molecule has 0 unspecified atom stereocenters. The van der Waals surface area contributed by atoms with Gasteiger partial charge in [-0.15, -0.1) is 5.10 Å². The number of nitrogens with zero attached hydrogens (tertiary/aromatic N) is 3. The fourth-order valence-electron chi connectivity index (χ4n) is 1.81. The molecule has 0 saturated heterocycles. The van der Waals surface area contributed by atoms with Crippen molar-refractivity contribution in [3.8, 4) is 5.75 Å². The van der Waals surface area contributed by atoms with Crippen molar-refractivity contribution in [2.45, 2.75) is 13.5 Å². The van der Waals surface area contributed by atoms with Gasteiger partial charge in [-0.25, -0.2) is 9.50 Å². The van der Waals surface area contributed by atoms with Crippen LogP contribution in [0.15, 0.2) is 48.7 Å². The molecule has 0 aliphatic carbocycles. The van der Waals surface area contributed by atoms with E-state index in [0.717, 1.165) is 17.0 Å². The molecule has 18 heavy (non-hydrogen) atoms. The van der Waals surface area contributed by atoms with E-state index in [4.69, 9.17) is 4.74 Å². The van der Waals surface area contributed by atoms with Crippen LogP contribution in [0, 0.1) is 6.92 Å². The summed E-state index contributed by atoms with van der Waals surface area (Å²) < 4.78 is 7.40. The highest BCUT2D eigenvalue weighted by molar-refractivity contribution is 5.45. The molecule has 3 aromatic rings. The van der Waals surface area contributed by atoms with E-state index in [1.165, 1.54) is 0 Å². The molecule has 0 bridgehead atoms. The van der Waals surface area contributed by atoms with Gasteiger partial charge in [0, 0.05) is 6.20 Å². The first-order chi connectivity index (χ1) is 8.83. The third kappa shape index (κ3) is 2.05. The molecule has 0 radical (unpaired) electrons. The van der Waals surface area contributed by atoms with Gasteiger partial charge in [0.15, 0.2) is 11.5 Å². The zero-order valence-corrected chi connectivity index (χ0v) is 10.1. The van der Waals surface area contributed by atoms with Crippen LogP contribution in [0.1, 0.15) is 11.4 Å². The van der Waals surface area contributed by atoms with Crippen molar-refractivity contribution < 1.29 is 4.74 Å². The molecule has 0 atom stereocenters. The minimum atomic E-state index is 0.380. The van der Waals surface area contributed by atoms with Crippen LogP contribution in [-0.2, 0) is 6.61 Å². The van der Waals surface area contributed by atoms with Crippen molar-refractivity contribution in [3.05, 3.63) is 60.0 Å². The number of benzene rings is 1. The Morgan fingerprint density at radius 1 is 1.11 bits per heavy atom. The molecule has 0 N–H and O–H groups in total. The van der Waals surface area contributed by atoms with Gasteiger partial charge >= 0.3 is 0 Å². The van der Waals surface area contributed by atoms with Gasteiger partial charge in [-0.1, -0.05) is 24.3 Å². The number of aryl methyl sites for hydroxylation is 1. The molecule has 2 aromatic heterocycles. The molecule has 90 valence electrons. The van der Waals surface area contributed by atoms with Crippen LogP contribution in [0.2, 0.25) is 0 Å². The Kier molecular flexibility index (Phi) is 2.68. The second-order valence-electron chi connectivity index (χ2n) is 4.09. The van der Waals surface area contributed by atoms with Gasteiger partial charge in [0.05, 0.1) is 0 Å². The predicted octanol–water partition coefficient (Wildman–Crippen LogP) is 2.62. The number of fused-ring (bicyclic) bond motifs is 1. The fourth-order valence-corrected chi connectivity index (χ4v) is 1.81. The lowest BCUT2D eigenvalue weighted by Crippen LogP contribution is -1.97. The average Bonchev–Trinajstić information content (AvgIpc) is 2.82. The van der Waals surface area contributed by atoms with Crippen molar-refractivity contribution >= 4 is 5.65 Å². The van der Waals surface area contributed by atoms with E-state index in [0.29, 0.717) is 12.4 Å². The maximum Gasteiger partial charge on any atom is 0.189 e. The third-order valence-corrected chi connectivity index (χ3v) is 2.71. The topological polar surface area (TPSA) is 39.4 Å². The van der Waals surface area contributed by atoms with Crippen molar-refractivity contribution in [1.82, 2.24) is 14.6 Å². The van der Waals surface area contributed by atoms with Crippen molar-refractivity contribution in [3.63, 3.8) is 0 Å². The number of hydrogen-bond donors (Lipinski definition) is 0. The Bertz CT molecular complexity index is 661. The minimum absolute atomic E-state index is 0.380. The van der Waals surface area contributed by atoms with Crippen LogP contribution in [0.5, 0.6) is 5.75 Å². The molecule has 0 aliphatic heterocycles. The quantitative estimate of drug-likeness (QED) is 0.705. The van der Waals surface area contributed by atoms with E-state index < -0.39 is 0 Å². The zero-order valence-electron chi connectivity index (χ0n) is 10.1. The standard InChI is InChI=1S/C14H13N3O/c1-11-6-5-9-17-14(11)15-13(16-17)10-18-12-7-3-2-4-8-12/h2-9H,10H2,1H3. The van der Waals surface area contributed by atoms with Crippen molar-refractivity contribution in [2.75, 3.05) is 0 Å². The first-order valence-electron chi connectivity index (χ1n) is 5.82. The first-order valence-corrected chi connectivity index (χ1v) is 5.82. The van der Waals surface area contributed by atoms with Gasteiger partial charge in [-0.05, 0) is 30.7 Å². The van der Waals surface area contributed by atoms with E-state index in [2.05, 4.69) is 10.1 Å². The summed E-state index contributed by atoms with van der Waals surface area (Å²) in [4.78, 5) is 4.45. The number of aromatic nitrogens is 3. The van der Waals surface area contributed by atoms with Crippen molar-refractivity contribution in [1.29, 1.82) is 0 Å². The van der Waals surface area contributed by atoms with Gasteiger partial charge in [-0.3, -0.25) is 0 Å². The molecule has 0 amide bonds. The van der Waals surface area contributed by atoms with Crippen LogP contribution >= 0.6 is 0 Å². The highest BCUT2D eigenvalue weighted by atomic mass is 16.5. The normalized spacial score (nSPS) is 10.7. The zero-order chi connectivity index (χ0) is 12.4. The maximum absolute atomic E-state index is 5.62. The molecule has 0 saturated carbocycles. The van der Waals surface area contributed by atoms with Crippen LogP contribution < -0.4 is 4.74 Å². The molecule has 2 heterocycles. The molecule has 1 aromatic carbocycles. The van der Waals surface area contributed by atoms with Crippen LogP contribution in [-0.4, -0.2) is 14.6 Å². The number of para-hydroxylation sites is 1. The molecule has 4 nitrogen and oxygen atoms in total. The van der Waals surface area contributed by atoms with E-state index >= 15 is 0 Å². The van der Waals surface area contributed by atoms with Crippen LogP contribution in [0.25, 0.3) is 5.65 Å². The lowest BCUT2D eigenvalue weighted by Gasteiger charge is -2.01. The van der Waals surface area contributed by atoms with E-state index in [-0.39, 0.29) is 0 Å². The predicted molar refractivity (Wildman–Crippen MR) is 68.5 cm³/mol. The summed E-state index contributed by atoms with van der Waals surface area (Å²) in [5.74, 6) is 1.52. The Labute approximate surface area is 105 Å². The summed E-state index contributed by atoms with van der Waals surface area (Å²) >= 11 is 0. The average molecular weight is 239 g/mol. The first kappa shape index (κ1) is 10.8. The monoisotopic (exact) mass is 239 g/mol. The van der Waals surface area contributed by atoms with Crippen LogP contribution in [0.3, 0.4) is 0 Å². The second-order valence-corrected chi connectivity index (χ2v) is 4.09. The van der Waals surface area contributed by atoms with Gasteiger partial charge in [0.25, 0.3) is 0 Å². The number of pyridine rings is 1. The van der Waals surface area contributed by atoms with Gasteiger partial charge in [0.1, 0.15) is 12.4 Å². The lowest BCUT2D eigenvalue weighted by molar-refractivity contribution is 0.296. The summed E-state index contributed by atoms with van der Waals surface area (Å²) in [6, 6.07) is 13.7. The Morgan fingerprint density at radius 2 is 1.94 bits per heavy atom. The van der Waals surface area contributed by atoms with E-state index in [1.54, 1.807) is 4.52 Å². The third-order valence-electron chi connectivity index (χ3n) is 2.71. The lowest BCUT2D eigenvalue weighted by atomic mass is 10.3. The summed E-state index contributed by atoms with van der Waals surface area (Å²) in [6.45, 7) is 2.40. The van der Waals surface area contributed by atoms with Gasteiger partial charge < -0.3 is 4.74 Å².